The van der Waals surface area contributed by atoms with Gasteiger partial charge in [0.05, 0.1) is 11.6 Å². The van der Waals surface area contributed by atoms with Crippen molar-refractivity contribution < 1.29 is 36.6 Å². The number of anilines is 1. The first-order valence-electron chi connectivity index (χ1n) is 13.3. The Balaban J connectivity index is 1.24. The van der Waals surface area contributed by atoms with Gasteiger partial charge in [-0.2, -0.15) is 8.78 Å². The number of nitrogens with zero attached hydrogens (tertiary/aromatic N) is 1. The predicted octanol–water partition coefficient (Wildman–Crippen LogP) is 5.91. The number of likely N-dealkylation sites (tertiary alicyclic amines) is 1. The summed E-state index contributed by atoms with van der Waals surface area (Å²) >= 11 is 0. The van der Waals surface area contributed by atoms with Gasteiger partial charge in [-0.1, -0.05) is 24.3 Å². The maximum absolute atomic E-state index is 14.0. The highest BCUT2D eigenvalue weighted by molar-refractivity contribution is 5.89. The molecule has 3 aromatic rings. The van der Waals surface area contributed by atoms with E-state index in [1.807, 2.05) is 0 Å². The smallest absolute Gasteiger partial charge is 0.412 e. The van der Waals surface area contributed by atoms with Crippen molar-refractivity contribution in [3.8, 4) is 5.75 Å². The Morgan fingerprint density at radius 1 is 1.02 bits per heavy atom. The molecule has 0 saturated carbocycles. The molecule has 1 atom stereocenters. The Labute approximate surface area is 234 Å². The maximum atomic E-state index is 14.0. The van der Waals surface area contributed by atoms with Crippen LogP contribution in [0.5, 0.6) is 5.75 Å². The first-order valence-corrected chi connectivity index (χ1v) is 13.3. The lowest BCUT2D eigenvalue weighted by Gasteiger charge is -2.44. The Morgan fingerprint density at radius 3 is 2.49 bits per heavy atom. The molecule has 0 aliphatic carbocycles. The number of carbonyl (C=O) groups excluding carboxylic acids is 2. The van der Waals surface area contributed by atoms with E-state index in [-0.39, 0.29) is 18.2 Å². The van der Waals surface area contributed by atoms with Gasteiger partial charge in [0.15, 0.2) is 0 Å². The van der Waals surface area contributed by atoms with Crippen LogP contribution >= 0.6 is 0 Å². The van der Waals surface area contributed by atoms with Crippen molar-refractivity contribution in [1.82, 2.24) is 10.2 Å². The highest BCUT2D eigenvalue weighted by Gasteiger charge is 2.44. The number of carbonyl (C=O) groups is 2. The van der Waals surface area contributed by atoms with Crippen LogP contribution in [0.15, 0.2) is 66.7 Å². The van der Waals surface area contributed by atoms with Crippen LogP contribution in [-0.4, -0.2) is 43.1 Å². The third-order valence-corrected chi connectivity index (χ3v) is 7.57. The van der Waals surface area contributed by atoms with E-state index in [0.717, 1.165) is 0 Å². The van der Waals surface area contributed by atoms with Gasteiger partial charge < -0.3 is 19.7 Å². The number of fused-ring (bicyclic) bond motifs is 2. The monoisotopic (exact) mass is 571 g/mol. The fraction of sp³-hybridized carbons (Fsp3) is 0.333. The van der Waals surface area contributed by atoms with Gasteiger partial charge >= 0.3 is 12.7 Å². The lowest BCUT2D eigenvalue weighted by atomic mass is 9.82. The zero-order valence-corrected chi connectivity index (χ0v) is 22.0. The molecule has 7 nitrogen and oxygen atoms in total. The van der Waals surface area contributed by atoms with Gasteiger partial charge in [0.1, 0.15) is 23.0 Å². The third kappa shape index (κ3) is 6.79. The number of alkyl halides is 2. The van der Waals surface area contributed by atoms with Crippen LogP contribution in [0.3, 0.4) is 0 Å². The molecule has 0 bridgehead atoms. The number of nitrogens with one attached hydrogen (secondary N) is 2. The first kappa shape index (κ1) is 28.4. The fourth-order valence-corrected chi connectivity index (χ4v) is 5.48. The molecule has 2 aliphatic heterocycles. The van der Waals surface area contributed by atoms with Gasteiger partial charge in [-0.25, -0.2) is 13.6 Å². The Hall–Kier alpha value is -4.12. The molecular formula is C30H29F4N3O4. The average Bonchev–Trinajstić information content (AvgIpc) is 2.94. The molecule has 1 saturated heterocycles. The Kier molecular flexibility index (Phi) is 8.44. The van der Waals surface area contributed by atoms with E-state index < -0.39 is 35.9 Å². The van der Waals surface area contributed by atoms with Gasteiger partial charge in [-0.15, -0.1) is 0 Å². The molecule has 11 heteroatoms. The summed E-state index contributed by atoms with van der Waals surface area (Å²) in [6, 6.07) is 16.1. The second-order valence-corrected chi connectivity index (χ2v) is 10.2. The van der Waals surface area contributed by atoms with Crippen LogP contribution in [0, 0.1) is 11.6 Å². The molecule has 2 aliphatic rings. The van der Waals surface area contributed by atoms with Crippen LogP contribution in [0.1, 0.15) is 41.9 Å². The SMILES string of the molecule is O=C1Nc2ccc(F)cc2C2(CCN(CCC(C(=O)NCc3cccc(OC(F)F)c3)c3ccc(F)cc3)CC2)O1. The number of hydrogen-bond donors (Lipinski definition) is 2. The van der Waals surface area contributed by atoms with Gasteiger partial charge in [0.25, 0.3) is 0 Å². The second-order valence-electron chi connectivity index (χ2n) is 10.2. The second kappa shape index (κ2) is 12.2. The molecule has 216 valence electrons. The molecule has 1 fully saturated rings. The minimum absolute atomic E-state index is 0.00510. The van der Waals surface area contributed by atoms with Gasteiger partial charge in [-0.3, -0.25) is 10.1 Å². The molecule has 3 aromatic carbocycles. The zero-order chi connectivity index (χ0) is 29.0. The van der Waals surface area contributed by atoms with Crippen LogP contribution in [0.2, 0.25) is 0 Å². The number of piperidine rings is 1. The highest BCUT2D eigenvalue weighted by atomic mass is 19.3. The van der Waals surface area contributed by atoms with Crippen molar-refractivity contribution in [2.24, 2.45) is 0 Å². The summed E-state index contributed by atoms with van der Waals surface area (Å²) in [5.74, 6) is -1.72. The van der Waals surface area contributed by atoms with E-state index in [1.54, 1.807) is 24.3 Å². The number of halogens is 4. The van der Waals surface area contributed by atoms with Crippen LogP contribution in [0.4, 0.5) is 28.0 Å². The van der Waals surface area contributed by atoms with E-state index in [2.05, 4.69) is 20.3 Å². The summed E-state index contributed by atoms with van der Waals surface area (Å²) < 4.78 is 62.9. The zero-order valence-electron chi connectivity index (χ0n) is 22.0. The number of hydrogen-bond acceptors (Lipinski definition) is 5. The first-order chi connectivity index (χ1) is 19.7. The largest absolute Gasteiger partial charge is 0.438 e. The van der Waals surface area contributed by atoms with E-state index in [1.165, 1.54) is 42.5 Å². The average molecular weight is 572 g/mol. The summed E-state index contributed by atoms with van der Waals surface area (Å²) in [6.45, 7) is -1.22. The van der Waals surface area contributed by atoms with E-state index in [4.69, 9.17) is 4.74 Å². The molecular weight excluding hydrogens is 542 g/mol. The molecule has 5 rings (SSSR count). The van der Waals surface area contributed by atoms with Gasteiger partial charge in [0, 0.05) is 38.0 Å². The minimum Gasteiger partial charge on any atom is -0.438 e. The molecule has 1 unspecified atom stereocenters. The number of ether oxygens (including phenoxy) is 2. The molecule has 0 radical (unpaired) electrons. The normalized spacial score (nSPS) is 17.0. The minimum atomic E-state index is -2.95. The molecule has 41 heavy (non-hydrogen) atoms. The number of rotatable bonds is 9. The summed E-state index contributed by atoms with van der Waals surface area (Å²) in [4.78, 5) is 27.7. The van der Waals surface area contributed by atoms with Crippen molar-refractivity contribution in [3.05, 3.63) is 95.1 Å². The van der Waals surface area contributed by atoms with Crippen molar-refractivity contribution in [2.45, 2.75) is 43.9 Å². The quantitative estimate of drug-likeness (QED) is 0.312. The Morgan fingerprint density at radius 2 is 1.76 bits per heavy atom. The summed E-state index contributed by atoms with van der Waals surface area (Å²) in [5.41, 5.74) is 1.46. The number of benzene rings is 3. The van der Waals surface area contributed by atoms with E-state index in [9.17, 15) is 27.2 Å². The summed E-state index contributed by atoms with van der Waals surface area (Å²) in [5, 5.41) is 5.48. The van der Waals surface area contributed by atoms with E-state index >= 15 is 0 Å². The molecule has 2 heterocycles. The number of amides is 2. The Bertz CT molecular complexity index is 1390. The lowest BCUT2D eigenvalue weighted by Crippen LogP contribution is -2.48. The van der Waals surface area contributed by atoms with Crippen molar-refractivity contribution in [1.29, 1.82) is 0 Å². The van der Waals surface area contributed by atoms with E-state index in [0.29, 0.717) is 61.3 Å². The summed E-state index contributed by atoms with van der Waals surface area (Å²) in [6.07, 6.45) is 0.769. The van der Waals surface area contributed by atoms with Crippen molar-refractivity contribution in [3.63, 3.8) is 0 Å². The van der Waals surface area contributed by atoms with Gasteiger partial charge in [-0.05, 0) is 66.6 Å². The highest BCUT2D eigenvalue weighted by Crippen LogP contribution is 2.43. The third-order valence-electron chi connectivity index (χ3n) is 7.57. The molecule has 2 amide bonds. The molecule has 2 N–H and O–H groups in total. The van der Waals surface area contributed by atoms with Crippen LogP contribution in [-0.2, 0) is 21.7 Å². The molecule has 0 aromatic heterocycles. The predicted molar refractivity (Wildman–Crippen MR) is 143 cm³/mol. The van der Waals surface area contributed by atoms with Crippen LogP contribution < -0.4 is 15.4 Å². The van der Waals surface area contributed by atoms with Crippen molar-refractivity contribution >= 4 is 17.7 Å². The standard InChI is InChI=1S/C30H29F4N3O4/c31-21-6-4-20(5-7-21)24(27(38)35-18-19-2-1-3-23(16-19)40-28(33)34)10-13-37-14-11-30(12-15-37)25-17-22(32)8-9-26(25)36-29(39)41-30/h1-9,16-17,24,28H,10-15,18H2,(H,35,38)(H,36,39). The fourth-order valence-electron chi connectivity index (χ4n) is 5.48. The van der Waals surface area contributed by atoms with Crippen LogP contribution in [0.25, 0.3) is 0 Å². The van der Waals surface area contributed by atoms with Gasteiger partial charge in [0.2, 0.25) is 5.91 Å². The van der Waals surface area contributed by atoms with Crippen molar-refractivity contribution in [2.75, 3.05) is 25.0 Å². The molecule has 1 spiro atoms. The lowest BCUT2D eigenvalue weighted by molar-refractivity contribution is -0.123. The maximum Gasteiger partial charge on any atom is 0.412 e. The topological polar surface area (TPSA) is 79.9 Å². The summed E-state index contributed by atoms with van der Waals surface area (Å²) in [7, 11) is 0.